The maximum absolute atomic E-state index is 14.6. The molecule has 0 aliphatic carbocycles. The van der Waals surface area contributed by atoms with Crippen molar-refractivity contribution in [1.29, 1.82) is 0 Å². The number of carbonyl (C=O) groups excluding carboxylic acids is 3. The second kappa shape index (κ2) is 13.3. The molecule has 12 heteroatoms. The van der Waals surface area contributed by atoms with E-state index in [0.29, 0.717) is 5.56 Å². The lowest BCUT2D eigenvalue weighted by Gasteiger charge is -2.20. The van der Waals surface area contributed by atoms with Crippen molar-refractivity contribution in [2.24, 2.45) is 0 Å². The fourth-order valence-electron chi connectivity index (χ4n) is 4.35. The van der Waals surface area contributed by atoms with Crippen LogP contribution < -0.4 is 11.0 Å². The predicted octanol–water partition coefficient (Wildman–Crippen LogP) is 5.34. The minimum atomic E-state index is -2.16. The van der Waals surface area contributed by atoms with E-state index in [1.807, 2.05) is 0 Å². The van der Waals surface area contributed by atoms with Crippen LogP contribution in [0.4, 0.5) is 14.6 Å². The molecule has 0 radical (unpaired) electrons. The normalized spacial score (nSPS) is 17.6. The van der Waals surface area contributed by atoms with Crippen molar-refractivity contribution in [3.63, 3.8) is 0 Å². The lowest BCUT2D eigenvalue weighted by Crippen LogP contribution is -2.32. The van der Waals surface area contributed by atoms with Crippen molar-refractivity contribution in [3.05, 3.63) is 142 Å². The van der Waals surface area contributed by atoms with Gasteiger partial charge in [0.1, 0.15) is 23.9 Å². The third-order valence-corrected chi connectivity index (χ3v) is 7.90. The van der Waals surface area contributed by atoms with Crippen LogP contribution in [-0.4, -0.2) is 45.4 Å². The molecule has 4 aromatic rings. The molecule has 1 aliphatic rings. The minimum Gasteiger partial charge on any atom is -0.461 e. The Labute approximate surface area is 248 Å². The van der Waals surface area contributed by atoms with Crippen molar-refractivity contribution in [2.45, 2.75) is 16.7 Å². The van der Waals surface area contributed by atoms with Crippen molar-refractivity contribution in [2.75, 3.05) is 11.9 Å². The Bertz CT molecular complexity index is 1710. The van der Waals surface area contributed by atoms with Gasteiger partial charge in [0.05, 0.1) is 21.9 Å². The first-order chi connectivity index (χ1) is 20.8. The molecule has 3 atom stereocenters. The van der Waals surface area contributed by atoms with E-state index >= 15 is 0 Å². The smallest absolute Gasteiger partial charge is 0.350 e. The average Bonchev–Trinajstić information content (AvgIpc) is 3.38. The van der Waals surface area contributed by atoms with Crippen LogP contribution in [0, 0.1) is 0 Å². The van der Waals surface area contributed by atoms with Crippen LogP contribution in [0.3, 0.4) is 0 Å². The molecule has 1 aliphatic heterocycles. The molecule has 0 unspecified atom stereocenters. The SMILES string of the molecule is O=C(Nc1ccn([C@@H]2S[C@H](COC(=O)c3ccccc3)[C@@H](OC(=O)c3ccccc3)C2=C(F)F)c(=O)n1)c1ccccc1. The molecular weight excluding hydrogens is 580 g/mol. The van der Waals surface area contributed by atoms with Crippen molar-refractivity contribution in [3.8, 4) is 0 Å². The lowest BCUT2D eigenvalue weighted by molar-refractivity contribution is 0.0280. The molecular formula is C31H23F2N3O6S. The number of benzene rings is 3. The number of halogens is 2. The van der Waals surface area contributed by atoms with Gasteiger partial charge in [0.25, 0.3) is 12.0 Å². The van der Waals surface area contributed by atoms with Crippen molar-refractivity contribution >= 4 is 35.4 Å². The van der Waals surface area contributed by atoms with Gasteiger partial charge in [-0.2, -0.15) is 13.8 Å². The molecule has 218 valence electrons. The standard InChI is InChI=1S/C31H23F2N3O6S/c32-26(33)24-25(42-30(39)21-14-8-3-9-15-21)22(18-41-29(38)20-12-6-2-7-13-20)43-28(24)36-17-16-23(35-31(36)40)34-27(37)19-10-4-1-5-11-19/h1-17,22,25,28H,18H2,(H,34,35,37,40)/t22-,25-,28-/m1/s1. The third-order valence-electron chi connectivity index (χ3n) is 6.42. The van der Waals surface area contributed by atoms with Crippen LogP contribution in [0.15, 0.2) is 120 Å². The summed E-state index contributed by atoms with van der Waals surface area (Å²) in [7, 11) is 0. The number of hydrogen-bond donors (Lipinski definition) is 1. The van der Waals surface area contributed by atoms with E-state index in [0.717, 1.165) is 16.3 Å². The summed E-state index contributed by atoms with van der Waals surface area (Å²) in [4.78, 5) is 54.9. The highest BCUT2D eigenvalue weighted by molar-refractivity contribution is 8.00. The second-order valence-corrected chi connectivity index (χ2v) is 10.5. The van der Waals surface area contributed by atoms with Crippen molar-refractivity contribution in [1.82, 2.24) is 9.55 Å². The van der Waals surface area contributed by atoms with Gasteiger partial charge in [-0.3, -0.25) is 9.36 Å². The van der Waals surface area contributed by atoms with Gasteiger partial charge in [-0.05, 0) is 42.5 Å². The lowest BCUT2D eigenvalue weighted by atomic mass is 10.1. The quantitative estimate of drug-likeness (QED) is 0.268. The molecule has 0 saturated carbocycles. The zero-order valence-corrected chi connectivity index (χ0v) is 23.1. The van der Waals surface area contributed by atoms with E-state index in [9.17, 15) is 28.0 Å². The van der Waals surface area contributed by atoms with Gasteiger partial charge in [-0.1, -0.05) is 54.6 Å². The van der Waals surface area contributed by atoms with Crippen LogP contribution in [-0.2, 0) is 9.47 Å². The fourth-order valence-corrected chi connectivity index (χ4v) is 5.83. The van der Waals surface area contributed by atoms with Crippen LogP contribution >= 0.6 is 11.8 Å². The summed E-state index contributed by atoms with van der Waals surface area (Å²) in [5.41, 5.74) is -0.856. The Balaban J connectivity index is 1.42. The van der Waals surface area contributed by atoms with Gasteiger partial charge in [0.2, 0.25) is 0 Å². The number of carbonyl (C=O) groups is 3. The number of aromatic nitrogens is 2. The molecule has 1 fully saturated rings. The van der Waals surface area contributed by atoms with Crippen LogP contribution in [0.5, 0.6) is 0 Å². The van der Waals surface area contributed by atoms with Crippen molar-refractivity contribution < 1.29 is 32.6 Å². The number of thioether (sulfide) groups is 1. The van der Waals surface area contributed by atoms with E-state index in [1.54, 1.807) is 66.7 Å². The number of hydrogen-bond acceptors (Lipinski definition) is 8. The van der Waals surface area contributed by atoms with Crippen LogP contribution in [0.2, 0.25) is 0 Å². The number of ether oxygens (including phenoxy) is 2. The number of rotatable bonds is 8. The Morgan fingerprint density at radius 1 is 0.814 bits per heavy atom. The first-order valence-electron chi connectivity index (χ1n) is 13.0. The summed E-state index contributed by atoms with van der Waals surface area (Å²) in [6, 6.07) is 25.4. The zero-order valence-electron chi connectivity index (χ0n) is 22.3. The topological polar surface area (TPSA) is 117 Å². The Hall–Kier alpha value is -5.10. The van der Waals surface area contributed by atoms with E-state index in [1.165, 1.54) is 36.5 Å². The molecule has 43 heavy (non-hydrogen) atoms. The number of nitrogens with zero attached hydrogens (tertiary/aromatic N) is 2. The Morgan fingerprint density at radius 3 is 1.93 bits per heavy atom. The summed E-state index contributed by atoms with van der Waals surface area (Å²) in [6.45, 7) is -0.397. The maximum atomic E-state index is 14.6. The summed E-state index contributed by atoms with van der Waals surface area (Å²) in [6.07, 6.45) is -2.49. The molecule has 1 saturated heterocycles. The Kier molecular flexibility index (Phi) is 9.06. The maximum Gasteiger partial charge on any atom is 0.350 e. The first kappa shape index (κ1) is 29.4. The summed E-state index contributed by atoms with van der Waals surface area (Å²) in [5, 5.41) is 0.160. The third kappa shape index (κ3) is 6.87. The van der Waals surface area contributed by atoms with Gasteiger partial charge in [0, 0.05) is 11.8 Å². The largest absolute Gasteiger partial charge is 0.461 e. The summed E-state index contributed by atoms with van der Waals surface area (Å²) in [5.74, 6) is -2.15. The fraction of sp³-hybridized carbons (Fsp3) is 0.129. The summed E-state index contributed by atoms with van der Waals surface area (Å²) < 4.78 is 41.0. The molecule has 1 N–H and O–H groups in total. The molecule has 5 rings (SSSR count). The summed E-state index contributed by atoms with van der Waals surface area (Å²) >= 11 is 0.857. The van der Waals surface area contributed by atoms with E-state index in [4.69, 9.17) is 9.47 Å². The van der Waals surface area contributed by atoms with Crippen LogP contribution in [0.1, 0.15) is 36.4 Å². The average molecular weight is 604 g/mol. The highest BCUT2D eigenvalue weighted by atomic mass is 32.2. The predicted molar refractivity (Wildman–Crippen MR) is 155 cm³/mol. The highest BCUT2D eigenvalue weighted by Crippen LogP contribution is 2.48. The van der Waals surface area contributed by atoms with Gasteiger partial charge in [-0.25, -0.2) is 14.4 Å². The molecule has 3 aromatic carbocycles. The molecule has 1 amide bonds. The van der Waals surface area contributed by atoms with Gasteiger partial charge in [-0.15, -0.1) is 11.8 Å². The Morgan fingerprint density at radius 2 is 1.37 bits per heavy atom. The van der Waals surface area contributed by atoms with E-state index in [2.05, 4.69) is 10.3 Å². The number of esters is 2. The van der Waals surface area contributed by atoms with Gasteiger partial charge >= 0.3 is 17.6 Å². The van der Waals surface area contributed by atoms with E-state index < -0.39 is 58.5 Å². The highest BCUT2D eigenvalue weighted by Gasteiger charge is 2.47. The van der Waals surface area contributed by atoms with Gasteiger partial charge < -0.3 is 14.8 Å². The minimum absolute atomic E-state index is 0.0789. The van der Waals surface area contributed by atoms with Crippen LogP contribution in [0.25, 0.3) is 0 Å². The monoisotopic (exact) mass is 603 g/mol. The molecule has 0 spiro atoms. The second-order valence-electron chi connectivity index (χ2n) is 9.22. The number of anilines is 1. The molecule has 9 nitrogen and oxygen atoms in total. The first-order valence-corrected chi connectivity index (χ1v) is 13.9. The number of amides is 1. The number of nitrogens with one attached hydrogen (secondary N) is 1. The zero-order chi connectivity index (χ0) is 30.3. The molecule has 2 heterocycles. The van der Waals surface area contributed by atoms with E-state index in [-0.39, 0.29) is 16.9 Å². The molecule has 0 bridgehead atoms. The molecule has 1 aromatic heterocycles. The van der Waals surface area contributed by atoms with Gasteiger partial charge in [0.15, 0.2) is 0 Å².